The van der Waals surface area contributed by atoms with E-state index >= 15 is 0 Å². The maximum Gasteiger partial charge on any atom is 0.332 e. The molecule has 0 aromatic rings. The SMILES string of the molecule is COCCOCCOCCOC(=O)COC1(C)CNC1. The average molecular weight is 291 g/mol. The molecular weight excluding hydrogens is 266 g/mol. The molecule has 118 valence electrons. The van der Waals surface area contributed by atoms with Crippen molar-refractivity contribution in [3.63, 3.8) is 0 Å². The Morgan fingerprint density at radius 3 is 2.20 bits per heavy atom. The summed E-state index contributed by atoms with van der Waals surface area (Å²) < 4.78 is 25.7. The van der Waals surface area contributed by atoms with Crippen LogP contribution in [0.5, 0.6) is 0 Å². The summed E-state index contributed by atoms with van der Waals surface area (Å²) in [5, 5.41) is 3.09. The molecule has 0 amide bonds. The smallest absolute Gasteiger partial charge is 0.332 e. The van der Waals surface area contributed by atoms with E-state index < -0.39 is 0 Å². The van der Waals surface area contributed by atoms with E-state index in [2.05, 4.69) is 5.32 Å². The lowest BCUT2D eigenvalue weighted by atomic mass is 10.0. The predicted molar refractivity (Wildman–Crippen MR) is 71.7 cm³/mol. The van der Waals surface area contributed by atoms with E-state index in [-0.39, 0.29) is 24.8 Å². The van der Waals surface area contributed by atoms with Crippen LogP contribution in [0.15, 0.2) is 0 Å². The number of hydrogen-bond acceptors (Lipinski definition) is 7. The first kappa shape index (κ1) is 17.3. The molecule has 0 aromatic carbocycles. The Balaban J connectivity index is 1.82. The number of carbonyl (C=O) groups is 1. The molecule has 1 N–H and O–H groups in total. The van der Waals surface area contributed by atoms with Gasteiger partial charge in [-0.05, 0) is 6.92 Å². The van der Waals surface area contributed by atoms with Crippen molar-refractivity contribution >= 4 is 5.97 Å². The van der Waals surface area contributed by atoms with E-state index in [1.54, 1.807) is 7.11 Å². The van der Waals surface area contributed by atoms with Gasteiger partial charge in [-0.2, -0.15) is 0 Å². The summed E-state index contributed by atoms with van der Waals surface area (Å²) in [6.45, 7) is 6.19. The molecule has 0 saturated carbocycles. The molecule has 1 aliphatic heterocycles. The number of methoxy groups -OCH3 is 1. The second-order valence-electron chi connectivity index (χ2n) is 4.78. The molecular formula is C13H25NO6. The van der Waals surface area contributed by atoms with E-state index in [1.807, 2.05) is 6.92 Å². The van der Waals surface area contributed by atoms with Crippen molar-refractivity contribution in [3.05, 3.63) is 0 Å². The molecule has 0 aromatic heterocycles. The van der Waals surface area contributed by atoms with Crippen LogP contribution < -0.4 is 5.32 Å². The van der Waals surface area contributed by atoms with Crippen LogP contribution in [0.3, 0.4) is 0 Å². The first-order valence-corrected chi connectivity index (χ1v) is 6.81. The van der Waals surface area contributed by atoms with Gasteiger partial charge in [0.15, 0.2) is 0 Å². The van der Waals surface area contributed by atoms with Crippen molar-refractivity contribution in [3.8, 4) is 0 Å². The van der Waals surface area contributed by atoms with Gasteiger partial charge in [-0.1, -0.05) is 0 Å². The van der Waals surface area contributed by atoms with E-state index in [4.69, 9.17) is 23.7 Å². The van der Waals surface area contributed by atoms with E-state index in [1.165, 1.54) is 0 Å². The lowest BCUT2D eigenvalue weighted by Crippen LogP contribution is -2.59. The molecule has 1 aliphatic rings. The molecule has 0 unspecified atom stereocenters. The Morgan fingerprint density at radius 2 is 1.65 bits per heavy atom. The monoisotopic (exact) mass is 291 g/mol. The van der Waals surface area contributed by atoms with Gasteiger partial charge in [0.2, 0.25) is 0 Å². The fraction of sp³-hybridized carbons (Fsp3) is 0.923. The molecule has 0 radical (unpaired) electrons. The fourth-order valence-electron chi connectivity index (χ4n) is 1.53. The summed E-state index contributed by atoms with van der Waals surface area (Å²) in [6, 6.07) is 0. The Labute approximate surface area is 119 Å². The minimum Gasteiger partial charge on any atom is -0.462 e. The molecule has 1 saturated heterocycles. The Bertz CT molecular complexity index is 270. The second kappa shape index (κ2) is 10.1. The minimum absolute atomic E-state index is 0.0156. The fourth-order valence-corrected chi connectivity index (χ4v) is 1.53. The van der Waals surface area contributed by atoms with Crippen molar-refractivity contribution in [2.45, 2.75) is 12.5 Å². The normalized spacial score (nSPS) is 16.7. The Hall–Kier alpha value is -0.730. The van der Waals surface area contributed by atoms with E-state index in [0.29, 0.717) is 33.0 Å². The Kier molecular flexibility index (Phi) is 8.72. The van der Waals surface area contributed by atoms with Crippen LogP contribution in [0.4, 0.5) is 0 Å². The van der Waals surface area contributed by atoms with Gasteiger partial charge in [-0.25, -0.2) is 4.79 Å². The van der Waals surface area contributed by atoms with Crippen LogP contribution >= 0.6 is 0 Å². The highest BCUT2D eigenvalue weighted by molar-refractivity contribution is 5.70. The van der Waals surface area contributed by atoms with Crippen molar-refractivity contribution < 1.29 is 28.5 Å². The van der Waals surface area contributed by atoms with Crippen molar-refractivity contribution in [1.29, 1.82) is 0 Å². The number of esters is 1. The van der Waals surface area contributed by atoms with Gasteiger partial charge < -0.3 is 29.0 Å². The number of nitrogens with one attached hydrogen (secondary N) is 1. The summed E-state index contributed by atoms with van der Waals surface area (Å²) in [4.78, 5) is 11.4. The van der Waals surface area contributed by atoms with E-state index in [9.17, 15) is 4.79 Å². The highest BCUT2D eigenvalue weighted by atomic mass is 16.6. The molecule has 1 rings (SSSR count). The summed E-state index contributed by atoms with van der Waals surface area (Å²) in [6.07, 6.45) is 0. The predicted octanol–water partition coefficient (Wildman–Crippen LogP) is -0.412. The molecule has 1 fully saturated rings. The lowest BCUT2D eigenvalue weighted by molar-refractivity contribution is -0.159. The zero-order valence-corrected chi connectivity index (χ0v) is 12.3. The van der Waals surface area contributed by atoms with Gasteiger partial charge >= 0.3 is 5.97 Å². The van der Waals surface area contributed by atoms with Crippen LogP contribution in [-0.2, 0) is 28.5 Å². The quantitative estimate of drug-likeness (QED) is 0.387. The first-order chi connectivity index (χ1) is 9.66. The van der Waals surface area contributed by atoms with Crippen molar-refractivity contribution in [2.75, 3.05) is 66.4 Å². The third-order valence-corrected chi connectivity index (χ3v) is 2.83. The Morgan fingerprint density at radius 1 is 1.05 bits per heavy atom. The maximum atomic E-state index is 11.4. The topological polar surface area (TPSA) is 75.2 Å². The zero-order valence-electron chi connectivity index (χ0n) is 12.3. The summed E-state index contributed by atoms with van der Waals surface area (Å²) in [7, 11) is 1.62. The summed E-state index contributed by atoms with van der Waals surface area (Å²) in [5.41, 5.74) is -0.227. The third-order valence-electron chi connectivity index (χ3n) is 2.83. The molecule has 0 aliphatic carbocycles. The molecule has 1 heterocycles. The van der Waals surface area contributed by atoms with Gasteiger partial charge in [-0.3, -0.25) is 0 Å². The van der Waals surface area contributed by atoms with Crippen molar-refractivity contribution in [1.82, 2.24) is 5.32 Å². The molecule has 0 atom stereocenters. The van der Waals surface area contributed by atoms with Crippen molar-refractivity contribution in [2.24, 2.45) is 0 Å². The number of carbonyl (C=O) groups excluding carboxylic acids is 1. The van der Waals surface area contributed by atoms with Crippen LogP contribution in [0.25, 0.3) is 0 Å². The molecule has 7 nitrogen and oxygen atoms in total. The van der Waals surface area contributed by atoms with Gasteiger partial charge in [0.25, 0.3) is 0 Å². The highest BCUT2D eigenvalue weighted by Crippen LogP contribution is 2.14. The zero-order chi connectivity index (χ0) is 14.7. The van der Waals surface area contributed by atoms with E-state index in [0.717, 1.165) is 13.1 Å². The number of hydrogen-bond donors (Lipinski definition) is 1. The highest BCUT2D eigenvalue weighted by Gasteiger charge is 2.33. The minimum atomic E-state index is -0.363. The maximum absolute atomic E-state index is 11.4. The second-order valence-corrected chi connectivity index (χ2v) is 4.78. The largest absolute Gasteiger partial charge is 0.462 e. The number of rotatable bonds is 12. The molecule has 7 heteroatoms. The summed E-state index contributed by atoms with van der Waals surface area (Å²) in [5.74, 6) is -0.363. The van der Waals surface area contributed by atoms with Crippen LogP contribution in [0.1, 0.15) is 6.92 Å². The molecule has 20 heavy (non-hydrogen) atoms. The van der Waals surface area contributed by atoms with Crippen LogP contribution in [-0.4, -0.2) is 78.0 Å². The molecule has 0 spiro atoms. The molecule has 0 bridgehead atoms. The number of ether oxygens (including phenoxy) is 5. The third kappa shape index (κ3) is 7.76. The van der Waals surface area contributed by atoms with Gasteiger partial charge in [0.1, 0.15) is 13.2 Å². The van der Waals surface area contributed by atoms with Crippen LogP contribution in [0, 0.1) is 0 Å². The van der Waals surface area contributed by atoms with Gasteiger partial charge in [-0.15, -0.1) is 0 Å². The van der Waals surface area contributed by atoms with Gasteiger partial charge in [0, 0.05) is 20.2 Å². The lowest BCUT2D eigenvalue weighted by Gasteiger charge is -2.38. The first-order valence-electron chi connectivity index (χ1n) is 6.81. The summed E-state index contributed by atoms with van der Waals surface area (Å²) >= 11 is 0. The average Bonchev–Trinajstić information content (AvgIpc) is 2.41. The standard InChI is InChI=1S/C13H25NO6/c1-13(10-14-11-13)20-9-12(15)19-8-7-18-6-5-17-4-3-16-2/h14H,3-11H2,1-2H3. The van der Waals surface area contributed by atoms with Gasteiger partial charge in [0.05, 0.1) is 38.6 Å². The van der Waals surface area contributed by atoms with Crippen LogP contribution in [0.2, 0.25) is 0 Å².